The molecule has 0 heterocycles. The summed E-state index contributed by atoms with van der Waals surface area (Å²) in [5.41, 5.74) is -0.542. The van der Waals surface area contributed by atoms with Crippen LogP contribution in [0.1, 0.15) is 10.4 Å². The molecular weight excluding hydrogens is 187 g/mol. The number of halogens is 2. The number of hydrogen-bond donors (Lipinski definition) is 2. The molecule has 0 saturated carbocycles. The first-order valence-corrected chi connectivity index (χ1v) is 3.31. The Balaban J connectivity index is 3.37. The molecule has 0 aliphatic carbocycles. The van der Waals surface area contributed by atoms with Gasteiger partial charge in [-0.1, -0.05) is 11.6 Å². The molecule has 1 aromatic carbocycles. The summed E-state index contributed by atoms with van der Waals surface area (Å²) in [7, 11) is 0. The number of hydrogen-bond acceptors (Lipinski definition) is 2. The van der Waals surface area contributed by atoms with E-state index in [9.17, 15) is 9.18 Å². The monoisotopic (exact) mass is 190 g/mol. The molecule has 0 spiro atoms. The molecular formula is C7H4ClFO3. The molecule has 0 fully saturated rings. The van der Waals surface area contributed by atoms with Crippen molar-refractivity contribution in [3.8, 4) is 5.75 Å². The minimum Gasteiger partial charge on any atom is -0.504 e. The molecule has 0 aliphatic rings. The third-order valence-electron chi connectivity index (χ3n) is 1.26. The maximum atomic E-state index is 12.6. The molecule has 0 bridgehead atoms. The van der Waals surface area contributed by atoms with Crippen LogP contribution in [-0.4, -0.2) is 16.2 Å². The SMILES string of the molecule is O=C(O)c1cc(Cl)cc(F)c1O. The van der Waals surface area contributed by atoms with Crippen molar-refractivity contribution in [1.82, 2.24) is 0 Å². The zero-order chi connectivity index (χ0) is 9.30. The zero-order valence-electron chi connectivity index (χ0n) is 5.71. The summed E-state index contributed by atoms with van der Waals surface area (Å²) >= 11 is 5.35. The van der Waals surface area contributed by atoms with E-state index in [1.807, 2.05) is 0 Å². The number of carboxylic acid groups (broad SMARTS) is 1. The maximum Gasteiger partial charge on any atom is 0.339 e. The maximum absolute atomic E-state index is 12.6. The van der Waals surface area contributed by atoms with E-state index in [-0.39, 0.29) is 5.02 Å². The molecule has 0 aromatic heterocycles. The molecule has 5 heteroatoms. The Kier molecular flexibility index (Phi) is 2.19. The third-order valence-corrected chi connectivity index (χ3v) is 1.48. The first kappa shape index (κ1) is 8.80. The van der Waals surface area contributed by atoms with E-state index in [1.54, 1.807) is 0 Å². The van der Waals surface area contributed by atoms with E-state index in [4.69, 9.17) is 21.8 Å². The largest absolute Gasteiger partial charge is 0.504 e. The van der Waals surface area contributed by atoms with E-state index in [0.717, 1.165) is 12.1 Å². The van der Waals surface area contributed by atoms with Gasteiger partial charge in [-0.15, -0.1) is 0 Å². The Morgan fingerprint density at radius 3 is 2.58 bits per heavy atom. The fourth-order valence-electron chi connectivity index (χ4n) is 0.729. The minimum atomic E-state index is -1.42. The first-order chi connectivity index (χ1) is 5.52. The number of benzene rings is 1. The van der Waals surface area contributed by atoms with E-state index >= 15 is 0 Å². The van der Waals surface area contributed by atoms with Crippen LogP contribution in [0.4, 0.5) is 4.39 Å². The Morgan fingerprint density at radius 1 is 1.50 bits per heavy atom. The number of aromatic carboxylic acids is 1. The van der Waals surface area contributed by atoms with E-state index in [0.29, 0.717) is 0 Å². The van der Waals surface area contributed by atoms with E-state index in [2.05, 4.69) is 0 Å². The Labute approximate surface area is 72.0 Å². The molecule has 0 saturated heterocycles. The van der Waals surface area contributed by atoms with Gasteiger partial charge in [-0.05, 0) is 12.1 Å². The number of phenols is 1. The normalized spacial score (nSPS) is 9.83. The molecule has 3 nitrogen and oxygen atoms in total. The van der Waals surface area contributed by atoms with Crippen LogP contribution in [0.15, 0.2) is 12.1 Å². The quantitative estimate of drug-likeness (QED) is 0.711. The molecule has 0 atom stereocenters. The molecule has 1 rings (SSSR count). The van der Waals surface area contributed by atoms with Crippen LogP contribution in [0.25, 0.3) is 0 Å². The van der Waals surface area contributed by atoms with Crippen LogP contribution in [0, 0.1) is 5.82 Å². The average molecular weight is 191 g/mol. The van der Waals surface area contributed by atoms with Gasteiger partial charge in [-0.2, -0.15) is 0 Å². The summed E-state index contributed by atoms with van der Waals surface area (Å²) in [4.78, 5) is 10.3. The molecule has 2 N–H and O–H groups in total. The summed E-state index contributed by atoms with van der Waals surface area (Å²) in [5, 5.41) is 17.2. The minimum absolute atomic E-state index is 0.0669. The summed E-state index contributed by atoms with van der Waals surface area (Å²) in [5.74, 6) is -3.36. The Morgan fingerprint density at radius 2 is 2.08 bits per heavy atom. The average Bonchev–Trinajstić information content (AvgIpc) is 1.96. The summed E-state index contributed by atoms with van der Waals surface area (Å²) in [6.07, 6.45) is 0. The van der Waals surface area contributed by atoms with Crippen molar-refractivity contribution >= 4 is 17.6 Å². The second-order valence-corrected chi connectivity index (χ2v) is 2.53. The highest BCUT2D eigenvalue weighted by Crippen LogP contribution is 2.25. The van der Waals surface area contributed by atoms with Gasteiger partial charge < -0.3 is 10.2 Å². The molecule has 0 aliphatic heterocycles. The highest BCUT2D eigenvalue weighted by molar-refractivity contribution is 6.31. The highest BCUT2D eigenvalue weighted by atomic mass is 35.5. The fourth-order valence-corrected chi connectivity index (χ4v) is 0.934. The van der Waals surface area contributed by atoms with Crippen LogP contribution < -0.4 is 0 Å². The van der Waals surface area contributed by atoms with Gasteiger partial charge in [0.05, 0.1) is 0 Å². The van der Waals surface area contributed by atoms with Gasteiger partial charge in [0.2, 0.25) is 0 Å². The van der Waals surface area contributed by atoms with Crippen LogP contribution in [0.2, 0.25) is 5.02 Å². The van der Waals surface area contributed by atoms with E-state index in [1.165, 1.54) is 0 Å². The van der Waals surface area contributed by atoms with E-state index < -0.39 is 23.1 Å². The Hall–Kier alpha value is -1.29. The summed E-state index contributed by atoms with van der Waals surface area (Å²) in [6, 6.07) is 1.81. The van der Waals surface area contributed by atoms with Crippen molar-refractivity contribution in [1.29, 1.82) is 0 Å². The van der Waals surface area contributed by atoms with Gasteiger partial charge in [0.15, 0.2) is 11.6 Å². The molecule has 0 amide bonds. The van der Waals surface area contributed by atoms with Gasteiger partial charge in [0, 0.05) is 5.02 Å². The number of aromatic hydroxyl groups is 1. The molecule has 12 heavy (non-hydrogen) atoms. The predicted octanol–water partition coefficient (Wildman–Crippen LogP) is 1.88. The third kappa shape index (κ3) is 1.48. The van der Waals surface area contributed by atoms with Crippen molar-refractivity contribution in [3.05, 3.63) is 28.5 Å². The Bertz CT molecular complexity index is 338. The van der Waals surface area contributed by atoms with Gasteiger partial charge in [0.25, 0.3) is 0 Å². The standard InChI is InChI=1S/C7H4ClFO3/c8-3-1-4(7(11)12)6(10)5(9)2-3/h1-2,10H,(H,11,12). The number of carboxylic acids is 1. The lowest BCUT2D eigenvalue weighted by Gasteiger charge is -2.00. The van der Waals surface area contributed by atoms with Gasteiger partial charge in [0.1, 0.15) is 5.56 Å². The molecule has 64 valence electrons. The van der Waals surface area contributed by atoms with Crippen molar-refractivity contribution in [2.75, 3.05) is 0 Å². The van der Waals surface area contributed by atoms with Crippen molar-refractivity contribution < 1.29 is 19.4 Å². The van der Waals surface area contributed by atoms with Gasteiger partial charge >= 0.3 is 5.97 Å². The predicted molar refractivity (Wildman–Crippen MR) is 40.0 cm³/mol. The van der Waals surface area contributed by atoms with Gasteiger partial charge in [-0.3, -0.25) is 0 Å². The first-order valence-electron chi connectivity index (χ1n) is 2.93. The van der Waals surface area contributed by atoms with Crippen LogP contribution >= 0.6 is 11.6 Å². The van der Waals surface area contributed by atoms with Crippen molar-refractivity contribution in [2.45, 2.75) is 0 Å². The highest BCUT2D eigenvalue weighted by Gasteiger charge is 2.14. The lowest BCUT2D eigenvalue weighted by atomic mass is 10.2. The van der Waals surface area contributed by atoms with Gasteiger partial charge in [-0.25, -0.2) is 9.18 Å². The lowest BCUT2D eigenvalue weighted by molar-refractivity contribution is 0.0693. The summed E-state index contributed by atoms with van der Waals surface area (Å²) < 4.78 is 12.6. The molecule has 1 aromatic rings. The van der Waals surface area contributed by atoms with Crippen molar-refractivity contribution in [2.24, 2.45) is 0 Å². The number of rotatable bonds is 1. The van der Waals surface area contributed by atoms with Crippen LogP contribution in [0.3, 0.4) is 0 Å². The number of carbonyl (C=O) groups is 1. The molecule has 0 unspecified atom stereocenters. The summed E-state index contributed by atoms with van der Waals surface area (Å²) in [6.45, 7) is 0. The van der Waals surface area contributed by atoms with Crippen LogP contribution in [-0.2, 0) is 0 Å². The zero-order valence-corrected chi connectivity index (χ0v) is 6.47. The topological polar surface area (TPSA) is 57.5 Å². The lowest BCUT2D eigenvalue weighted by Crippen LogP contribution is -1.98. The second kappa shape index (κ2) is 2.98. The van der Waals surface area contributed by atoms with Crippen LogP contribution in [0.5, 0.6) is 5.75 Å². The molecule has 0 radical (unpaired) electrons. The smallest absolute Gasteiger partial charge is 0.339 e. The second-order valence-electron chi connectivity index (χ2n) is 2.09. The fraction of sp³-hybridized carbons (Fsp3) is 0. The van der Waals surface area contributed by atoms with Crippen molar-refractivity contribution in [3.63, 3.8) is 0 Å².